The zero-order chi connectivity index (χ0) is 23.5. The molecule has 9 atom stereocenters. The summed E-state index contributed by atoms with van der Waals surface area (Å²) >= 11 is 0. The first-order chi connectivity index (χ1) is 15.1. The Labute approximate surface area is 200 Å². The summed E-state index contributed by atoms with van der Waals surface area (Å²) in [5.41, 5.74) is 0.118. The molecule has 1 unspecified atom stereocenters. The first-order valence-corrected chi connectivity index (χ1v) is 14.5. The van der Waals surface area contributed by atoms with Crippen molar-refractivity contribution >= 4 is 0 Å². The molecule has 2 N–H and O–H groups in total. The van der Waals surface area contributed by atoms with E-state index in [1.807, 2.05) is 0 Å². The molecule has 0 spiro atoms. The van der Waals surface area contributed by atoms with Crippen LogP contribution in [0.2, 0.25) is 0 Å². The Morgan fingerprint density at radius 3 is 2.41 bits per heavy atom. The predicted octanol–water partition coefficient (Wildman–Crippen LogP) is 8.00. The highest BCUT2D eigenvalue weighted by molar-refractivity contribution is 5.05. The minimum Gasteiger partial charge on any atom is -0.393 e. The molecule has 0 aromatic heterocycles. The van der Waals surface area contributed by atoms with Crippen LogP contribution in [0.5, 0.6) is 0 Å². The van der Waals surface area contributed by atoms with Crippen molar-refractivity contribution in [3.63, 3.8) is 0 Å². The summed E-state index contributed by atoms with van der Waals surface area (Å²) in [5, 5.41) is 21.5. The molecule has 188 valence electrons. The van der Waals surface area contributed by atoms with Crippen molar-refractivity contribution in [2.75, 3.05) is 0 Å². The van der Waals surface area contributed by atoms with E-state index in [0.717, 1.165) is 67.6 Å². The molecule has 2 heteroatoms. The van der Waals surface area contributed by atoms with Crippen LogP contribution in [0, 0.1) is 46.8 Å². The van der Waals surface area contributed by atoms with Crippen LogP contribution >= 0.6 is 0 Å². The van der Waals surface area contributed by atoms with Crippen molar-refractivity contribution < 1.29 is 10.2 Å². The van der Waals surface area contributed by atoms with Gasteiger partial charge in [0.1, 0.15) is 0 Å². The Morgan fingerprint density at radius 2 is 1.75 bits per heavy atom. The van der Waals surface area contributed by atoms with Crippen molar-refractivity contribution in [3.8, 4) is 0 Å². The van der Waals surface area contributed by atoms with Crippen LogP contribution < -0.4 is 0 Å². The van der Waals surface area contributed by atoms with Gasteiger partial charge < -0.3 is 10.2 Å². The largest absolute Gasteiger partial charge is 0.393 e. The lowest BCUT2D eigenvalue weighted by molar-refractivity contribution is -0.0516. The summed E-state index contributed by atoms with van der Waals surface area (Å²) < 4.78 is 0. The molecule has 32 heavy (non-hydrogen) atoms. The van der Waals surface area contributed by atoms with Gasteiger partial charge in [0, 0.05) is 0 Å². The fourth-order valence-corrected chi connectivity index (χ4v) is 8.66. The molecule has 0 aromatic carbocycles. The second-order valence-electron chi connectivity index (χ2n) is 13.2. The fraction of sp³-hybridized carbons (Fsp3) is 1.00. The summed E-state index contributed by atoms with van der Waals surface area (Å²) in [6.45, 7) is 13.8. The Hall–Kier alpha value is -0.0800. The number of aliphatic hydroxyl groups excluding tert-OH is 1. The predicted molar refractivity (Wildman–Crippen MR) is 137 cm³/mol. The van der Waals surface area contributed by atoms with Gasteiger partial charge in [-0.2, -0.15) is 0 Å². The molecule has 0 bridgehead atoms. The van der Waals surface area contributed by atoms with E-state index >= 15 is 0 Å². The van der Waals surface area contributed by atoms with Crippen LogP contribution in [0.1, 0.15) is 131 Å². The maximum absolute atomic E-state index is 11.2. The Kier molecular flexibility index (Phi) is 9.21. The second kappa shape index (κ2) is 11.1. The third-order valence-electron chi connectivity index (χ3n) is 10.9. The standard InChI is InChI=1S/C30H56O2/c1-7-9-17-30(32,8-2)20-23-11-12-25-24(19-23)16-18-29(6)26(13-14-27(25)29)22(5)10-15-28(31)21(3)4/h21-28,31-32H,7-20H2,1-6H3/t22-,23-,24-,25-,26-,27+,28?,29-,30+/m1/s1. The van der Waals surface area contributed by atoms with Gasteiger partial charge in [-0.05, 0) is 117 Å². The number of hydrogen-bond acceptors (Lipinski definition) is 2. The molecule has 0 aromatic rings. The van der Waals surface area contributed by atoms with Gasteiger partial charge in [-0.25, -0.2) is 0 Å². The topological polar surface area (TPSA) is 40.5 Å². The number of rotatable bonds is 11. The SMILES string of the molecule is CCCC[C@@](O)(CC)C[C@@H]1CC[C@@H]2[C@H](CC[C@]3(C)[C@@H]([C@H](C)CCC(O)C(C)C)CC[C@@H]23)C1. The third-order valence-corrected chi connectivity index (χ3v) is 10.9. The van der Waals surface area contributed by atoms with Crippen LogP contribution in [0.25, 0.3) is 0 Å². The van der Waals surface area contributed by atoms with E-state index in [1.54, 1.807) is 0 Å². The normalized spacial score (nSPS) is 38.7. The Morgan fingerprint density at radius 1 is 1.00 bits per heavy atom. The summed E-state index contributed by atoms with van der Waals surface area (Å²) in [5.74, 6) is 5.50. The van der Waals surface area contributed by atoms with Crippen molar-refractivity contribution in [3.05, 3.63) is 0 Å². The number of fused-ring (bicyclic) bond motifs is 3. The molecular weight excluding hydrogens is 392 g/mol. The van der Waals surface area contributed by atoms with Crippen molar-refractivity contribution in [2.45, 2.75) is 143 Å². The van der Waals surface area contributed by atoms with E-state index in [2.05, 4.69) is 41.5 Å². The summed E-state index contributed by atoms with van der Waals surface area (Å²) in [7, 11) is 0. The molecule has 0 saturated heterocycles. The molecular formula is C30H56O2. The Bertz CT molecular complexity index is 573. The van der Waals surface area contributed by atoms with Gasteiger partial charge in [0.05, 0.1) is 11.7 Å². The highest BCUT2D eigenvalue weighted by Gasteiger charge is 2.55. The maximum atomic E-state index is 11.2. The molecule has 3 rings (SSSR count). The Balaban J connectivity index is 1.57. The van der Waals surface area contributed by atoms with Gasteiger partial charge in [0.25, 0.3) is 0 Å². The van der Waals surface area contributed by atoms with E-state index in [9.17, 15) is 10.2 Å². The van der Waals surface area contributed by atoms with Gasteiger partial charge in [-0.15, -0.1) is 0 Å². The molecule has 0 heterocycles. The number of hydrogen-bond donors (Lipinski definition) is 2. The van der Waals surface area contributed by atoms with Gasteiger partial charge in [-0.3, -0.25) is 0 Å². The van der Waals surface area contributed by atoms with E-state index in [-0.39, 0.29) is 6.10 Å². The van der Waals surface area contributed by atoms with Crippen LogP contribution in [0.3, 0.4) is 0 Å². The number of aliphatic hydroxyl groups is 2. The molecule has 3 fully saturated rings. The summed E-state index contributed by atoms with van der Waals surface area (Å²) in [6, 6.07) is 0. The van der Waals surface area contributed by atoms with E-state index in [1.165, 1.54) is 57.8 Å². The van der Waals surface area contributed by atoms with Gasteiger partial charge in [0.2, 0.25) is 0 Å². The molecule has 2 nitrogen and oxygen atoms in total. The minimum absolute atomic E-state index is 0.132. The monoisotopic (exact) mass is 448 g/mol. The molecule has 0 radical (unpaired) electrons. The minimum atomic E-state index is -0.412. The van der Waals surface area contributed by atoms with E-state index in [0.29, 0.717) is 11.3 Å². The lowest BCUT2D eigenvalue weighted by Crippen LogP contribution is -2.45. The smallest absolute Gasteiger partial charge is 0.0647 e. The molecule has 3 aliphatic rings. The lowest BCUT2D eigenvalue weighted by atomic mass is 9.52. The average molecular weight is 449 g/mol. The lowest BCUT2D eigenvalue weighted by Gasteiger charge is -2.53. The first-order valence-electron chi connectivity index (χ1n) is 14.5. The second-order valence-corrected chi connectivity index (χ2v) is 13.2. The summed E-state index contributed by atoms with van der Waals surface area (Å²) in [4.78, 5) is 0. The zero-order valence-electron chi connectivity index (χ0n) is 22.4. The fourth-order valence-electron chi connectivity index (χ4n) is 8.66. The highest BCUT2D eigenvalue weighted by Crippen LogP contribution is 2.64. The van der Waals surface area contributed by atoms with Crippen molar-refractivity contribution in [1.82, 2.24) is 0 Å². The molecule has 3 aliphatic carbocycles. The molecule has 3 saturated carbocycles. The van der Waals surface area contributed by atoms with Crippen molar-refractivity contribution in [1.29, 1.82) is 0 Å². The van der Waals surface area contributed by atoms with Gasteiger partial charge >= 0.3 is 0 Å². The van der Waals surface area contributed by atoms with Crippen LogP contribution in [0.15, 0.2) is 0 Å². The average Bonchev–Trinajstić information content (AvgIpc) is 3.13. The van der Waals surface area contributed by atoms with Gasteiger partial charge in [0.15, 0.2) is 0 Å². The van der Waals surface area contributed by atoms with Crippen LogP contribution in [-0.2, 0) is 0 Å². The van der Waals surface area contributed by atoms with Crippen LogP contribution in [-0.4, -0.2) is 21.9 Å². The summed E-state index contributed by atoms with van der Waals surface area (Å²) in [6.07, 6.45) is 17.2. The maximum Gasteiger partial charge on any atom is 0.0647 e. The van der Waals surface area contributed by atoms with Crippen LogP contribution in [0.4, 0.5) is 0 Å². The highest BCUT2D eigenvalue weighted by atomic mass is 16.3. The number of unbranched alkanes of at least 4 members (excludes halogenated alkanes) is 1. The molecule has 0 amide bonds. The van der Waals surface area contributed by atoms with Gasteiger partial charge in [-0.1, -0.05) is 60.8 Å². The molecule has 0 aliphatic heterocycles. The van der Waals surface area contributed by atoms with Crippen molar-refractivity contribution in [2.24, 2.45) is 46.8 Å². The third kappa shape index (κ3) is 5.76. The zero-order valence-corrected chi connectivity index (χ0v) is 22.4. The quantitative estimate of drug-likeness (QED) is 0.336. The first kappa shape index (κ1) is 26.5. The van der Waals surface area contributed by atoms with E-state index < -0.39 is 5.60 Å². The van der Waals surface area contributed by atoms with E-state index in [4.69, 9.17) is 0 Å².